The zero-order valence-electron chi connectivity index (χ0n) is 18.1. The number of nitrogens with one attached hydrogen (secondary N) is 3. The highest BCUT2D eigenvalue weighted by Crippen LogP contribution is 2.30. The third-order valence-electron chi connectivity index (χ3n) is 5.73. The van der Waals surface area contributed by atoms with Crippen LogP contribution in [0.15, 0.2) is 85.1 Å². The second-order valence-corrected chi connectivity index (χ2v) is 7.88. The highest BCUT2D eigenvalue weighted by Gasteiger charge is 2.19. The van der Waals surface area contributed by atoms with Crippen LogP contribution < -0.4 is 10.6 Å². The first kappa shape index (κ1) is 21.4. The lowest BCUT2D eigenvalue weighted by Gasteiger charge is -2.18. The fraction of sp³-hybridized carbons (Fsp3) is 0.185. The molecule has 3 aromatic carbocycles. The van der Waals surface area contributed by atoms with Gasteiger partial charge in [-0.25, -0.2) is 0 Å². The molecule has 32 heavy (non-hydrogen) atoms. The molecule has 1 atom stereocenters. The number of para-hydroxylation sites is 1. The summed E-state index contributed by atoms with van der Waals surface area (Å²) in [5.41, 5.74) is 4.93. The minimum absolute atomic E-state index is 0.0258. The number of amides is 2. The van der Waals surface area contributed by atoms with Crippen LogP contribution in [0, 0.1) is 6.92 Å². The van der Waals surface area contributed by atoms with Gasteiger partial charge in [-0.3, -0.25) is 9.59 Å². The van der Waals surface area contributed by atoms with E-state index < -0.39 is 0 Å². The average Bonchev–Trinajstić information content (AvgIpc) is 3.24. The molecular weight excluding hydrogens is 398 g/mol. The summed E-state index contributed by atoms with van der Waals surface area (Å²) in [6, 6.07) is 25.8. The minimum atomic E-state index is -0.156. The highest BCUT2D eigenvalue weighted by atomic mass is 16.2. The molecule has 0 fully saturated rings. The van der Waals surface area contributed by atoms with Crippen LogP contribution in [0.4, 0.5) is 0 Å². The summed E-state index contributed by atoms with van der Waals surface area (Å²) in [5, 5.41) is 7.05. The van der Waals surface area contributed by atoms with Crippen molar-refractivity contribution in [2.45, 2.75) is 19.3 Å². The highest BCUT2D eigenvalue weighted by molar-refractivity contribution is 5.95. The Kier molecular flexibility index (Phi) is 6.66. The van der Waals surface area contributed by atoms with Crippen molar-refractivity contribution in [3.05, 3.63) is 107 Å². The minimum Gasteiger partial charge on any atom is -0.361 e. The molecule has 2 amide bonds. The molecule has 3 N–H and O–H groups in total. The Morgan fingerprint density at radius 3 is 2.41 bits per heavy atom. The maximum Gasteiger partial charge on any atom is 0.251 e. The van der Waals surface area contributed by atoms with Crippen LogP contribution in [0.2, 0.25) is 0 Å². The topological polar surface area (TPSA) is 74.0 Å². The van der Waals surface area contributed by atoms with E-state index in [0.29, 0.717) is 18.7 Å². The molecule has 0 aliphatic carbocycles. The van der Waals surface area contributed by atoms with Crippen LogP contribution in [0.25, 0.3) is 10.9 Å². The lowest BCUT2D eigenvalue weighted by atomic mass is 9.91. The third-order valence-corrected chi connectivity index (χ3v) is 5.73. The summed E-state index contributed by atoms with van der Waals surface area (Å²) in [5.74, 6) is -0.217. The normalized spacial score (nSPS) is 11.8. The number of aromatic nitrogens is 1. The number of benzene rings is 3. The van der Waals surface area contributed by atoms with Crippen LogP contribution in [0.1, 0.15) is 39.4 Å². The monoisotopic (exact) mass is 425 g/mol. The molecular formula is C27H27N3O2. The van der Waals surface area contributed by atoms with Crippen molar-refractivity contribution >= 4 is 22.7 Å². The van der Waals surface area contributed by atoms with Crippen LogP contribution in [-0.4, -0.2) is 29.9 Å². The molecule has 5 nitrogen and oxygen atoms in total. The van der Waals surface area contributed by atoms with E-state index in [2.05, 4.69) is 39.9 Å². The summed E-state index contributed by atoms with van der Waals surface area (Å²) >= 11 is 0. The van der Waals surface area contributed by atoms with E-state index in [1.165, 1.54) is 0 Å². The second-order valence-electron chi connectivity index (χ2n) is 7.88. The molecule has 0 bridgehead atoms. The van der Waals surface area contributed by atoms with Gasteiger partial charge in [0.1, 0.15) is 0 Å². The maximum atomic E-state index is 12.5. The SMILES string of the molecule is Cc1ccccc1C(=O)NCCC(=O)NC[C@@H](c1ccccc1)c1c[nH]c2ccccc12. The average molecular weight is 426 g/mol. The quantitative estimate of drug-likeness (QED) is 0.388. The van der Waals surface area contributed by atoms with Crippen molar-refractivity contribution < 1.29 is 9.59 Å². The van der Waals surface area contributed by atoms with Gasteiger partial charge in [-0.05, 0) is 35.7 Å². The van der Waals surface area contributed by atoms with Crippen molar-refractivity contribution in [1.82, 2.24) is 15.6 Å². The lowest BCUT2D eigenvalue weighted by molar-refractivity contribution is -0.120. The van der Waals surface area contributed by atoms with Gasteiger partial charge in [0, 0.05) is 48.1 Å². The van der Waals surface area contributed by atoms with Crippen LogP contribution in [0.3, 0.4) is 0 Å². The van der Waals surface area contributed by atoms with E-state index in [9.17, 15) is 9.59 Å². The summed E-state index contributed by atoms with van der Waals surface area (Å²) in [6.45, 7) is 2.68. The molecule has 4 aromatic rings. The Balaban J connectivity index is 1.39. The third kappa shape index (κ3) is 4.89. The summed E-state index contributed by atoms with van der Waals surface area (Å²) in [6.07, 6.45) is 2.25. The van der Waals surface area contributed by atoms with Gasteiger partial charge in [-0.15, -0.1) is 0 Å². The predicted octanol–water partition coefficient (Wildman–Crippen LogP) is 4.54. The van der Waals surface area contributed by atoms with E-state index in [-0.39, 0.29) is 24.2 Å². The number of rotatable bonds is 8. The molecule has 4 rings (SSSR count). The lowest BCUT2D eigenvalue weighted by Crippen LogP contribution is -2.33. The largest absolute Gasteiger partial charge is 0.361 e. The van der Waals surface area contributed by atoms with Crippen LogP contribution in [-0.2, 0) is 4.79 Å². The molecule has 0 unspecified atom stereocenters. The Morgan fingerprint density at radius 1 is 0.875 bits per heavy atom. The Morgan fingerprint density at radius 2 is 1.59 bits per heavy atom. The molecule has 0 spiro atoms. The van der Waals surface area contributed by atoms with E-state index in [1.807, 2.05) is 61.7 Å². The van der Waals surface area contributed by atoms with Gasteiger partial charge in [0.25, 0.3) is 5.91 Å². The van der Waals surface area contributed by atoms with Crippen molar-refractivity contribution in [3.63, 3.8) is 0 Å². The van der Waals surface area contributed by atoms with E-state index in [0.717, 1.165) is 27.6 Å². The molecule has 0 saturated carbocycles. The summed E-state index contributed by atoms with van der Waals surface area (Å²) < 4.78 is 0. The standard InChI is InChI=1S/C27H27N3O2/c1-19-9-5-6-12-21(19)27(32)28-16-15-26(31)30-17-23(20-10-3-2-4-11-20)24-18-29-25-14-8-7-13-22(24)25/h2-14,18,23,29H,15-17H2,1H3,(H,28,32)(H,30,31)/t23-/m0/s1. The number of carbonyl (C=O) groups excluding carboxylic acids is 2. The number of fused-ring (bicyclic) bond motifs is 1. The van der Waals surface area contributed by atoms with Gasteiger partial charge >= 0.3 is 0 Å². The number of aromatic amines is 1. The Labute approximate surface area is 187 Å². The molecule has 0 radical (unpaired) electrons. The van der Waals surface area contributed by atoms with Gasteiger partial charge in [0.15, 0.2) is 0 Å². The number of carbonyl (C=O) groups is 2. The van der Waals surface area contributed by atoms with E-state index >= 15 is 0 Å². The Bertz CT molecular complexity index is 1210. The van der Waals surface area contributed by atoms with Crippen molar-refractivity contribution in [2.24, 2.45) is 0 Å². The number of hydrogen-bond acceptors (Lipinski definition) is 2. The fourth-order valence-electron chi connectivity index (χ4n) is 3.99. The van der Waals surface area contributed by atoms with Gasteiger partial charge in [-0.2, -0.15) is 0 Å². The zero-order valence-corrected chi connectivity index (χ0v) is 18.1. The first-order valence-electron chi connectivity index (χ1n) is 10.8. The second kappa shape index (κ2) is 9.96. The summed E-state index contributed by atoms with van der Waals surface area (Å²) in [4.78, 5) is 28.2. The van der Waals surface area contributed by atoms with Gasteiger partial charge < -0.3 is 15.6 Å². The first-order valence-corrected chi connectivity index (χ1v) is 10.8. The predicted molar refractivity (Wildman–Crippen MR) is 128 cm³/mol. The van der Waals surface area contributed by atoms with Gasteiger partial charge in [0.05, 0.1) is 0 Å². The van der Waals surface area contributed by atoms with Crippen molar-refractivity contribution in [3.8, 4) is 0 Å². The molecule has 0 aliphatic rings. The van der Waals surface area contributed by atoms with Crippen molar-refractivity contribution in [2.75, 3.05) is 13.1 Å². The molecule has 0 saturated heterocycles. The number of hydrogen-bond donors (Lipinski definition) is 3. The Hall–Kier alpha value is -3.86. The zero-order chi connectivity index (χ0) is 22.3. The van der Waals surface area contributed by atoms with Gasteiger partial charge in [0.2, 0.25) is 5.91 Å². The van der Waals surface area contributed by atoms with E-state index in [4.69, 9.17) is 0 Å². The van der Waals surface area contributed by atoms with Crippen LogP contribution >= 0.6 is 0 Å². The van der Waals surface area contributed by atoms with Gasteiger partial charge in [-0.1, -0.05) is 66.7 Å². The van der Waals surface area contributed by atoms with E-state index in [1.54, 1.807) is 6.07 Å². The molecule has 0 aliphatic heterocycles. The summed E-state index contributed by atoms with van der Waals surface area (Å²) in [7, 11) is 0. The number of aryl methyl sites for hydroxylation is 1. The molecule has 5 heteroatoms. The first-order chi connectivity index (χ1) is 15.6. The smallest absolute Gasteiger partial charge is 0.251 e. The maximum absolute atomic E-state index is 12.5. The van der Waals surface area contributed by atoms with Crippen LogP contribution in [0.5, 0.6) is 0 Å². The molecule has 1 heterocycles. The fourth-order valence-corrected chi connectivity index (χ4v) is 3.99. The molecule has 1 aromatic heterocycles. The number of H-pyrrole nitrogens is 1. The molecule has 162 valence electrons. The van der Waals surface area contributed by atoms with Crippen molar-refractivity contribution in [1.29, 1.82) is 0 Å².